The summed E-state index contributed by atoms with van der Waals surface area (Å²) in [7, 11) is 1.79. The lowest BCUT2D eigenvalue weighted by Gasteiger charge is -2.34. The Labute approximate surface area is 117 Å². The average molecular weight is 271 g/mol. The van der Waals surface area contributed by atoms with Gasteiger partial charge in [0.15, 0.2) is 0 Å². The maximum absolute atomic E-state index is 5.56. The Morgan fingerprint density at radius 1 is 1.35 bits per heavy atom. The molecule has 0 saturated carbocycles. The molecule has 4 rings (SSSR count). The molecule has 6 nitrogen and oxygen atoms in total. The van der Waals surface area contributed by atoms with Crippen molar-refractivity contribution in [3.8, 4) is 0 Å². The minimum Gasteiger partial charge on any atom is -0.380 e. The summed E-state index contributed by atoms with van der Waals surface area (Å²) in [6, 6.07) is 2.77. The van der Waals surface area contributed by atoms with Crippen LogP contribution in [-0.4, -0.2) is 53.3 Å². The highest BCUT2D eigenvalue weighted by Crippen LogP contribution is 2.29. The lowest BCUT2D eigenvalue weighted by atomic mass is 10.1. The van der Waals surface area contributed by atoms with Crippen LogP contribution >= 0.6 is 0 Å². The van der Waals surface area contributed by atoms with Gasteiger partial charge in [0.1, 0.15) is 12.1 Å². The van der Waals surface area contributed by atoms with Crippen LogP contribution in [0.15, 0.2) is 24.8 Å². The van der Waals surface area contributed by atoms with Gasteiger partial charge in [-0.05, 0) is 12.5 Å². The molecule has 0 aliphatic carbocycles. The number of hydrogen-bond donors (Lipinski definition) is 1. The third-order valence-corrected chi connectivity index (χ3v) is 4.29. The van der Waals surface area contributed by atoms with Crippen molar-refractivity contribution in [3.05, 3.63) is 24.8 Å². The van der Waals surface area contributed by atoms with Crippen LogP contribution in [0.4, 0.5) is 5.82 Å². The molecule has 0 aromatic carbocycles. The summed E-state index contributed by atoms with van der Waals surface area (Å²) in [6.45, 7) is 1.87. The highest BCUT2D eigenvalue weighted by Gasteiger charge is 2.40. The van der Waals surface area contributed by atoms with E-state index in [4.69, 9.17) is 4.74 Å². The minimum atomic E-state index is 0.302. The van der Waals surface area contributed by atoms with Crippen molar-refractivity contribution in [2.24, 2.45) is 0 Å². The van der Waals surface area contributed by atoms with Crippen LogP contribution in [-0.2, 0) is 4.74 Å². The Hall–Kier alpha value is -1.79. The van der Waals surface area contributed by atoms with Gasteiger partial charge in [0.25, 0.3) is 0 Å². The first-order chi connectivity index (χ1) is 9.85. The molecule has 0 radical (unpaired) electrons. The standard InChI is InChI=1S/C14H17N5O/c1-20-13-4-9-6-19(7-12(13)18-9)14-10-5-15-3-2-11(10)16-8-17-14/h2-3,5,8-9,12-13,18H,4,6-7H2,1H3/t9-,12-,13-/m1/s1. The fourth-order valence-electron chi connectivity index (χ4n) is 3.37. The molecular weight excluding hydrogens is 254 g/mol. The first-order valence-electron chi connectivity index (χ1n) is 6.93. The van der Waals surface area contributed by atoms with Crippen LogP contribution < -0.4 is 10.2 Å². The maximum Gasteiger partial charge on any atom is 0.141 e. The number of anilines is 1. The van der Waals surface area contributed by atoms with Crippen molar-refractivity contribution in [1.29, 1.82) is 0 Å². The topological polar surface area (TPSA) is 63.2 Å². The van der Waals surface area contributed by atoms with Crippen LogP contribution in [0.25, 0.3) is 10.9 Å². The summed E-state index contributed by atoms with van der Waals surface area (Å²) < 4.78 is 5.56. The predicted octanol–water partition coefficient (Wildman–Crippen LogP) is 0.590. The van der Waals surface area contributed by atoms with Gasteiger partial charge in [-0.2, -0.15) is 0 Å². The zero-order chi connectivity index (χ0) is 13.5. The van der Waals surface area contributed by atoms with E-state index in [0.717, 1.165) is 36.2 Å². The van der Waals surface area contributed by atoms with E-state index in [1.54, 1.807) is 19.6 Å². The van der Waals surface area contributed by atoms with Crippen molar-refractivity contribution in [1.82, 2.24) is 20.3 Å². The largest absolute Gasteiger partial charge is 0.380 e. The molecule has 2 fully saturated rings. The van der Waals surface area contributed by atoms with Gasteiger partial charge in [-0.25, -0.2) is 9.97 Å². The number of nitrogens with zero attached hydrogens (tertiary/aromatic N) is 4. The van der Waals surface area contributed by atoms with Crippen LogP contribution in [0, 0.1) is 0 Å². The molecule has 1 N–H and O–H groups in total. The fraction of sp³-hybridized carbons (Fsp3) is 0.500. The van der Waals surface area contributed by atoms with Crippen LogP contribution in [0.5, 0.6) is 0 Å². The number of fused-ring (bicyclic) bond motifs is 3. The number of pyridine rings is 1. The molecule has 0 amide bonds. The van der Waals surface area contributed by atoms with E-state index in [-0.39, 0.29) is 0 Å². The highest BCUT2D eigenvalue weighted by molar-refractivity contribution is 5.88. The van der Waals surface area contributed by atoms with Crippen molar-refractivity contribution in [3.63, 3.8) is 0 Å². The monoisotopic (exact) mass is 271 g/mol. The van der Waals surface area contributed by atoms with Gasteiger partial charge < -0.3 is 15.0 Å². The van der Waals surface area contributed by atoms with E-state index in [2.05, 4.69) is 25.2 Å². The number of nitrogens with one attached hydrogen (secondary N) is 1. The first-order valence-corrected chi connectivity index (χ1v) is 6.93. The van der Waals surface area contributed by atoms with Crippen molar-refractivity contribution >= 4 is 16.7 Å². The first kappa shape index (κ1) is 12.0. The molecule has 2 aromatic heterocycles. The Morgan fingerprint density at radius 2 is 2.30 bits per heavy atom. The zero-order valence-electron chi connectivity index (χ0n) is 11.4. The number of rotatable bonds is 2. The van der Waals surface area contributed by atoms with E-state index in [0.29, 0.717) is 18.2 Å². The second kappa shape index (κ2) is 4.64. The van der Waals surface area contributed by atoms with Gasteiger partial charge in [0, 0.05) is 38.6 Å². The summed E-state index contributed by atoms with van der Waals surface area (Å²) in [5.74, 6) is 0.983. The minimum absolute atomic E-state index is 0.302. The van der Waals surface area contributed by atoms with Crippen LogP contribution in [0.1, 0.15) is 6.42 Å². The Bertz CT molecular complexity index is 628. The molecule has 2 bridgehead atoms. The average Bonchev–Trinajstić information content (AvgIpc) is 2.80. The van der Waals surface area contributed by atoms with Crippen molar-refractivity contribution < 1.29 is 4.74 Å². The lowest BCUT2D eigenvalue weighted by Crippen LogP contribution is -2.53. The van der Waals surface area contributed by atoms with Crippen LogP contribution in [0.2, 0.25) is 0 Å². The molecule has 6 heteroatoms. The molecule has 2 saturated heterocycles. The van der Waals surface area contributed by atoms with Gasteiger partial charge in [0.2, 0.25) is 0 Å². The number of hydrogen-bond acceptors (Lipinski definition) is 6. The number of piperazine rings is 1. The fourth-order valence-corrected chi connectivity index (χ4v) is 3.37. The summed E-state index contributed by atoms with van der Waals surface area (Å²) in [5.41, 5.74) is 0.944. The number of methoxy groups -OCH3 is 1. The van der Waals surface area contributed by atoms with E-state index < -0.39 is 0 Å². The summed E-state index contributed by atoms with van der Waals surface area (Å²) >= 11 is 0. The molecule has 20 heavy (non-hydrogen) atoms. The number of ether oxygens (including phenoxy) is 1. The summed E-state index contributed by atoms with van der Waals surface area (Å²) in [6.07, 6.45) is 6.62. The maximum atomic E-state index is 5.56. The van der Waals surface area contributed by atoms with Crippen molar-refractivity contribution in [2.75, 3.05) is 25.1 Å². The lowest BCUT2D eigenvalue weighted by molar-refractivity contribution is 0.0947. The third kappa shape index (κ3) is 1.83. The van der Waals surface area contributed by atoms with Crippen LogP contribution in [0.3, 0.4) is 0 Å². The van der Waals surface area contributed by atoms with E-state index in [9.17, 15) is 0 Å². The van der Waals surface area contributed by atoms with E-state index in [1.165, 1.54) is 0 Å². The van der Waals surface area contributed by atoms with E-state index >= 15 is 0 Å². The smallest absolute Gasteiger partial charge is 0.141 e. The van der Waals surface area contributed by atoms with Gasteiger partial charge >= 0.3 is 0 Å². The summed E-state index contributed by atoms with van der Waals surface area (Å²) in [5, 5.41) is 4.63. The Morgan fingerprint density at radius 3 is 3.20 bits per heavy atom. The summed E-state index contributed by atoms with van der Waals surface area (Å²) in [4.78, 5) is 15.3. The quantitative estimate of drug-likeness (QED) is 0.862. The van der Waals surface area contributed by atoms with E-state index in [1.807, 2.05) is 12.3 Å². The normalized spacial score (nSPS) is 29.1. The third-order valence-electron chi connectivity index (χ3n) is 4.29. The van der Waals surface area contributed by atoms with Gasteiger partial charge in [-0.3, -0.25) is 4.98 Å². The second-order valence-electron chi connectivity index (χ2n) is 5.48. The molecule has 2 aliphatic rings. The van der Waals surface area contributed by atoms with Gasteiger partial charge in [-0.1, -0.05) is 0 Å². The molecule has 104 valence electrons. The highest BCUT2D eigenvalue weighted by atomic mass is 16.5. The van der Waals surface area contributed by atoms with Gasteiger partial charge in [-0.15, -0.1) is 0 Å². The SMILES string of the molecule is CO[C@@H]1C[C@@H]2CN(c3ncnc4ccncc34)C[C@H]1N2. The molecule has 2 aromatic rings. The molecule has 0 unspecified atom stereocenters. The predicted molar refractivity (Wildman–Crippen MR) is 75.7 cm³/mol. The van der Waals surface area contributed by atoms with Gasteiger partial charge in [0.05, 0.1) is 23.0 Å². The molecule has 2 aliphatic heterocycles. The molecule has 4 heterocycles. The molecule has 0 spiro atoms. The zero-order valence-corrected chi connectivity index (χ0v) is 11.4. The Kier molecular flexibility index (Phi) is 2.78. The number of aromatic nitrogens is 3. The molecular formula is C14H17N5O. The van der Waals surface area contributed by atoms with Crippen molar-refractivity contribution in [2.45, 2.75) is 24.6 Å². The Balaban J connectivity index is 1.70. The second-order valence-corrected chi connectivity index (χ2v) is 5.48. The molecule has 3 atom stereocenters.